The number of amides is 1. The lowest BCUT2D eigenvalue weighted by molar-refractivity contribution is -0.159. The van der Waals surface area contributed by atoms with Crippen molar-refractivity contribution in [3.05, 3.63) is 35.9 Å². The molecule has 0 bridgehead atoms. The highest BCUT2D eigenvalue weighted by atomic mass is 16.7. The second-order valence-electron chi connectivity index (χ2n) is 12.5. The molecule has 1 aromatic carbocycles. The van der Waals surface area contributed by atoms with Gasteiger partial charge in [-0.1, -0.05) is 36.8 Å². The molecule has 10 heteroatoms. The van der Waals surface area contributed by atoms with Gasteiger partial charge in [0, 0.05) is 25.6 Å². The monoisotopic (exact) mass is 546 g/mol. The normalized spacial score (nSPS) is 20.7. The maximum Gasteiger partial charge on any atom is 0.457 e. The lowest BCUT2D eigenvalue weighted by Crippen LogP contribution is -2.52. The van der Waals surface area contributed by atoms with Gasteiger partial charge < -0.3 is 28.8 Å². The third kappa shape index (κ3) is 9.78. The molecule has 39 heavy (non-hydrogen) atoms. The van der Waals surface area contributed by atoms with Crippen LogP contribution in [0.1, 0.15) is 66.9 Å². The van der Waals surface area contributed by atoms with E-state index in [1.807, 2.05) is 78.8 Å². The number of carbonyl (C=O) groups is 2. The van der Waals surface area contributed by atoms with E-state index in [9.17, 15) is 9.59 Å². The number of hydrogen-bond donors (Lipinski definition) is 1. The van der Waals surface area contributed by atoms with Crippen molar-refractivity contribution in [2.24, 2.45) is 5.92 Å². The first-order chi connectivity index (χ1) is 18.3. The van der Waals surface area contributed by atoms with E-state index in [1.54, 1.807) is 0 Å². The summed E-state index contributed by atoms with van der Waals surface area (Å²) in [6.45, 7) is 17.2. The van der Waals surface area contributed by atoms with Gasteiger partial charge in [-0.25, -0.2) is 9.59 Å². The molecule has 9 nitrogen and oxygen atoms in total. The highest BCUT2D eigenvalue weighted by Gasteiger charge is 2.50. The number of morpholine rings is 1. The highest BCUT2D eigenvalue weighted by Crippen LogP contribution is 2.38. The predicted octanol–water partition coefficient (Wildman–Crippen LogP) is 4.44. The van der Waals surface area contributed by atoms with Gasteiger partial charge in [-0.3, -0.25) is 4.90 Å². The van der Waals surface area contributed by atoms with Crippen LogP contribution in [0.2, 0.25) is 6.32 Å². The van der Waals surface area contributed by atoms with Crippen LogP contribution < -0.4 is 5.32 Å². The Morgan fingerprint density at radius 1 is 1.05 bits per heavy atom. The van der Waals surface area contributed by atoms with Crippen molar-refractivity contribution < 1.29 is 33.1 Å². The average Bonchev–Trinajstić information content (AvgIpc) is 3.06. The van der Waals surface area contributed by atoms with E-state index in [0.29, 0.717) is 32.5 Å². The van der Waals surface area contributed by atoms with Crippen molar-refractivity contribution in [2.75, 3.05) is 32.8 Å². The van der Waals surface area contributed by atoms with E-state index in [4.69, 9.17) is 23.5 Å². The van der Waals surface area contributed by atoms with Crippen molar-refractivity contribution in [1.29, 1.82) is 0 Å². The molecule has 218 valence electrons. The van der Waals surface area contributed by atoms with Crippen LogP contribution in [0.25, 0.3) is 0 Å². The molecule has 2 heterocycles. The third-order valence-electron chi connectivity index (χ3n) is 7.53. The van der Waals surface area contributed by atoms with Crippen molar-refractivity contribution in [3.63, 3.8) is 0 Å². The Balaban J connectivity index is 1.71. The van der Waals surface area contributed by atoms with Crippen LogP contribution in [0.15, 0.2) is 30.3 Å². The number of carbonyl (C=O) groups excluding carboxylic acids is 2. The van der Waals surface area contributed by atoms with Crippen LogP contribution >= 0.6 is 0 Å². The number of nitrogens with zero attached hydrogens (tertiary/aromatic N) is 1. The topological polar surface area (TPSA) is 95.6 Å². The van der Waals surface area contributed by atoms with Crippen molar-refractivity contribution in [2.45, 2.75) is 97.1 Å². The van der Waals surface area contributed by atoms with Gasteiger partial charge >= 0.3 is 19.2 Å². The first-order valence-corrected chi connectivity index (χ1v) is 14.1. The Kier molecular flexibility index (Phi) is 10.9. The van der Waals surface area contributed by atoms with E-state index in [2.05, 4.69) is 10.2 Å². The number of benzene rings is 1. The SMILES string of the molecule is CC(C)(C)OC(=O)[C@@H](NC(=O)OCc1ccccc1)[C@H](CCCB1OC(C)(C)C(C)(C)O1)CN1CCOCC1. The fraction of sp³-hybridized carbons (Fsp3) is 0.724. The minimum atomic E-state index is -0.867. The van der Waals surface area contributed by atoms with Gasteiger partial charge in [0.2, 0.25) is 0 Å². The zero-order valence-corrected chi connectivity index (χ0v) is 24.8. The summed E-state index contributed by atoms with van der Waals surface area (Å²) in [6.07, 6.45) is 1.47. The van der Waals surface area contributed by atoms with Gasteiger partial charge in [0.1, 0.15) is 18.2 Å². The molecule has 0 aliphatic carbocycles. The van der Waals surface area contributed by atoms with E-state index < -0.39 is 34.9 Å². The molecule has 0 unspecified atom stereocenters. The van der Waals surface area contributed by atoms with Crippen LogP contribution in [0.3, 0.4) is 0 Å². The molecule has 2 saturated heterocycles. The van der Waals surface area contributed by atoms with Gasteiger partial charge in [0.25, 0.3) is 0 Å². The van der Waals surface area contributed by atoms with Crippen LogP contribution in [-0.2, 0) is 34.9 Å². The standard InChI is InChI=1S/C29H47BN2O7/c1-27(2,3)37-25(33)24(31-26(34)36-21-22-12-9-8-10-13-22)23(20-32-16-18-35-19-17-32)14-11-15-30-38-28(4,5)29(6,7)39-30/h8-10,12-13,23-24H,11,14-21H2,1-7H3,(H,31,34)/t23-,24+/m1/s1. The summed E-state index contributed by atoms with van der Waals surface area (Å²) in [5.41, 5.74) is -0.618. The van der Waals surface area contributed by atoms with Crippen LogP contribution in [0, 0.1) is 5.92 Å². The van der Waals surface area contributed by atoms with E-state index in [-0.39, 0.29) is 19.6 Å². The number of ether oxygens (including phenoxy) is 3. The second-order valence-corrected chi connectivity index (χ2v) is 12.5. The zero-order valence-electron chi connectivity index (χ0n) is 24.8. The number of alkyl carbamates (subject to hydrolysis) is 1. The summed E-state index contributed by atoms with van der Waals surface area (Å²) < 4.78 is 29.1. The molecule has 0 radical (unpaired) electrons. The zero-order chi connectivity index (χ0) is 28.7. The Hall–Kier alpha value is -2.14. The fourth-order valence-corrected chi connectivity index (χ4v) is 4.73. The van der Waals surface area contributed by atoms with E-state index >= 15 is 0 Å². The lowest BCUT2D eigenvalue weighted by Gasteiger charge is -2.34. The van der Waals surface area contributed by atoms with Crippen LogP contribution in [0.4, 0.5) is 4.79 Å². The van der Waals surface area contributed by atoms with Crippen LogP contribution in [-0.4, -0.2) is 79.8 Å². The molecule has 0 aromatic heterocycles. The Bertz CT molecular complexity index is 913. The molecule has 1 amide bonds. The van der Waals surface area contributed by atoms with Crippen molar-refractivity contribution in [1.82, 2.24) is 10.2 Å². The highest BCUT2D eigenvalue weighted by molar-refractivity contribution is 6.45. The molecular formula is C29H47BN2O7. The van der Waals surface area contributed by atoms with Gasteiger partial charge in [-0.2, -0.15) is 0 Å². The molecule has 2 atom stereocenters. The second kappa shape index (κ2) is 13.5. The van der Waals surface area contributed by atoms with Crippen molar-refractivity contribution >= 4 is 19.2 Å². The van der Waals surface area contributed by atoms with Crippen molar-refractivity contribution in [3.8, 4) is 0 Å². The molecule has 2 fully saturated rings. The summed E-state index contributed by atoms with van der Waals surface area (Å²) in [5.74, 6) is -0.669. The van der Waals surface area contributed by atoms with Gasteiger partial charge in [-0.05, 0) is 66.8 Å². The van der Waals surface area contributed by atoms with E-state index in [0.717, 1.165) is 25.1 Å². The van der Waals surface area contributed by atoms with Crippen LogP contribution in [0.5, 0.6) is 0 Å². The predicted molar refractivity (Wildman–Crippen MR) is 150 cm³/mol. The van der Waals surface area contributed by atoms with E-state index in [1.165, 1.54) is 0 Å². The Morgan fingerprint density at radius 3 is 2.26 bits per heavy atom. The molecule has 1 N–H and O–H groups in total. The largest absolute Gasteiger partial charge is 0.458 e. The molecule has 0 saturated carbocycles. The Labute approximate surface area is 234 Å². The first-order valence-electron chi connectivity index (χ1n) is 14.1. The number of nitrogens with one attached hydrogen (secondary N) is 1. The molecule has 2 aliphatic rings. The number of hydrogen-bond acceptors (Lipinski definition) is 8. The smallest absolute Gasteiger partial charge is 0.457 e. The summed E-state index contributed by atoms with van der Waals surface area (Å²) in [7, 11) is -0.317. The maximum atomic E-state index is 13.5. The fourth-order valence-electron chi connectivity index (χ4n) is 4.73. The Morgan fingerprint density at radius 2 is 1.67 bits per heavy atom. The first kappa shape index (κ1) is 31.4. The molecule has 0 spiro atoms. The summed E-state index contributed by atoms with van der Waals surface area (Å²) >= 11 is 0. The van der Waals surface area contributed by atoms with Gasteiger partial charge in [0.15, 0.2) is 0 Å². The summed E-state index contributed by atoms with van der Waals surface area (Å²) in [5, 5.41) is 2.85. The maximum absolute atomic E-state index is 13.5. The molecular weight excluding hydrogens is 499 g/mol. The minimum Gasteiger partial charge on any atom is -0.458 e. The van der Waals surface area contributed by atoms with Gasteiger partial charge in [-0.15, -0.1) is 0 Å². The average molecular weight is 547 g/mol. The number of rotatable bonds is 11. The summed E-state index contributed by atoms with van der Waals surface area (Å²) in [6, 6.07) is 8.58. The lowest BCUT2D eigenvalue weighted by atomic mass is 9.80. The summed E-state index contributed by atoms with van der Waals surface area (Å²) in [4.78, 5) is 28.6. The minimum absolute atomic E-state index is 0.115. The number of esters is 1. The van der Waals surface area contributed by atoms with Gasteiger partial charge in [0.05, 0.1) is 24.4 Å². The molecule has 2 aliphatic heterocycles. The quantitative estimate of drug-likeness (QED) is 0.322. The molecule has 1 aromatic rings. The third-order valence-corrected chi connectivity index (χ3v) is 7.53. The molecule has 3 rings (SSSR count).